The van der Waals surface area contributed by atoms with Crippen LogP contribution in [-0.2, 0) is 17.5 Å². The zero-order valence-electron chi connectivity index (χ0n) is 20.5. The molecule has 1 saturated heterocycles. The normalized spacial score (nSPS) is 16.2. The molecule has 1 atom stereocenters. The smallest absolute Gasteiger partial charge is 0.355 e. The third kappa shape index (κ3) is 4.91. The van der Waals surface area contributed by atoms with Crippen LogP contribution in [0.4, 0.5) is 23.4 Å². The number of aromatic nitrogens is 4. The minimum absolute atomic E-state index is 0.102. The van der Waals surface area contributed by atoms with Gasteiger partial charge in [0.2, 0.25) is 5.91 Å². The van der Waals surface area contributed by atoms with Gasteiger partial charge in [-0.3, -0.25) is 4.79 Å². The lowest BCUT2D eigenvalue weighted by Gasteiger charge is -2.33. The van der Waals surface area contributed by atoms with E-state index in [2.05, 4.69) is 20.4 Å². The van der Waals surface area contributed by atoms with E-state index in [1.807, 2.05) is 16.3 Å². The van der Waals surface area contributed by atoms with Crippen LogP contribution in [0.25, 0.3) is 26.8 Å². The van der Waals surface area contributed by atoms with Gasteiger partial charge in [-0.2, -0.15) is 13.2 Å². The van der Waals surface area contributed by atoms with Crippen LogP contribution in [0.3, 0.4) is 0 Å². The van der Waals surface area contributed by atoms with Crippen molar-refractivity contribution in [3.05, 3.63) is 77.3 Å². The quantitative estimate of drug-likeness (QED) is 0.281. The molecule has 0 bridgehead atoms. The van der Waals surface area contributed by atoms with Crippen molar-refractivity contribution in [2.75, 3.05) is 18.0 Å². The molecule has 200 valence electrons. The van der Waals surface area contributed by atoms with Gasteiger partial charge in [0, 0.05) is 41.5 Å². The highest BCUT2D eigenvalue weighted by Gasteiger charge is 2.30. The van der Waals surface area contributed by atoms with Crippen LogP contribution < -0.4 is 10.2 Å². The Kier molecular flexibility index (Phi) is 6.42. The number of fused-ring (bicyclic) bond motifs is 2. The van der Waals surface area contributed by atoms with E-state index in [1.165, 1.54) is 34.5 Å². The molecule has 5 aromatic rings. The Labute approximate surface area is 224 Å². The minimum Gasteiger partial charge on any atom is -0.355 e. The second-order valence-electron chi connectivity index (χ2n) is 9.43. The molecule has 0 spiro atoms. The molecule has 1 amide bonds. The first-order valence-corrected chi connectivity index (χ1v) is 13.2. The second-order valence-corrected chi connectivity index (χ2v) is 10.4. The molecule has 4 heterocycles. The highest BCUT2D eigenvalue weighted by Crippen LogP contribution is 2.31. The number of piperidine rings is 1. The van der Waals surface area contributed by atoms with E-state index >= 15 is 0 Å². The van der Waals surface area contributed by atoms with Crippen molar-refractivity contribution in [3.8, 4) is 5.69 Å². The monoisotopic (exact) mass is 554 g/mol. The Morgan fingerprint density at radius 2 is 1.90 bits per heavy atom. The van der Waals surface area contributed by atoms with Crippen LogP contribution in [0.15, 0.2) is 60.4 Å². The maximum atomic E-state index is 14.8. The minimum atomic E-state index is -4.42. The Morgan fingerprint density at radius 1 is 1.08 bits per heavy atom. The number of hydrogen-bond donors (Lipinski definition) is 1. The van der Waals surface area contributed by atoms with E-state index in [1.54, 1.807) is 18.3 Å². The number of anilines is 1. The molecule has 3 aromatic heterocycles. The van der Waals surface area contributed by atoms with Gasteiger partial charge >= 0.3 is 6.18 Å². The van der Waals surface area contributed by atoms with E-state index in [0.717, 1.165) is 23.3 Å². The Hall–Kier alpha value is -4.06. The Morgan fingerprint density at radius 3 is 2.69 bits per heavy atom. The molecule has 0 radical (unpaired) electrons. The number of nitrogens with one attached hydrogen (secondary N) is 1. The molecule has 1 N–H and O–H groups in total. The van der Waals surface area contributed by atoms with Gasteiger partial charge in [-0.1, -0.05) is 6.07 Å². The molecule has 1 fully saturated rings. The average Bonchev–Trinajstić information content (AvgIpc) is 3.60. The summed E-state index contributed by atoms with van der Waals surface area (Å²) in [5.41, 5.74) is 0.549. The summed E-state index contributed by atoms with van der Waals surface area (Å²) in [5.74, 6) is -0.186. The molecule has 39 heavy (non-hydrogen) atoms. The molecule has 7 nitrogen and oxygen atoms in total. The lowest BCUT2D eigenvalue weighted by atomic mass is 9.97. The second kappa shape index (κ2) is 9.92. The van der Waals surface area contributed by atoms with Crippen molar-refractivity contribution in [1.29, 1.82) is 0 Å². The Balaban J connectivity index is 1.18. The van der Waals surface area contributed by atoms with Crippen molar-refractivity contribution in [1.82, 2.24) is 25.1 Å². The lowest BCUT2D eigenvalue weighted by Crippen LogP contribution is -2.43. The first-order chi connectivity index (χ1) is 18.8. The molecular formula is C27H22F4N6OS. The highest BCUT2D eigenvalue weighted by molar-refractivity contribution is 7.17. The summed E-state index contributed by atoms with van der Waals surface area (Å²) >= 11 is 1.47. The van der Waals surface area contributed by atoms with Crippen molar-refractivity contribution < 1.29 is 22.4 Å². The van der Waals surface area contributed by atoms with Gasteiger partial charge in [-0.25, -0.2) is 19.0 Å². The largest absolute Gasteiger partial charge is 0.416 e. The van der Waals surface area contributed by atoms with Gasteiger partial charge in [0.25, 0.3) is 0 Å². The summed E-state index contributed by atoms with van der Waals surface area (Å²) in [6, 6.07) is 10.0. The van der Waals surface area contributed by atoms with Crippen LogP contribution in [0, 0.1) is 11.7 Å². The predicted molar refractivity (Wildman–Crippen MR) is 140 cm³/mol. The summed E-state index contributed by atoms with van der Waals surface area (Å²) in [4.78, 5) is 23.7. The number of thiophene rings is 1. The summed E-state index contributed by atoms with van der Waals surface area (Å²) < 4.78 is 56.0. The third-order valence-electron chi connectivity index (χ3n) is 6.95. The molecular weight excluding hydrogens is 532 g/mol. The molecule has 1 aliphatic heterocycles. The van der Waals surface area contributed by atoms with Gasteiger partial charge in [-0.05, 0) is 54.6 Å². The Bertz CT molecular complexity index is 1660. The van der Waals surface area contributed by atoms with Crippen LogP contribution in [0.2, 0.25) is 0 Å². The van der Waals surface area contributed by atoms with E-state index in [4.69, 9.17) is 0 Å². The van der Waals surface area contributed by atoms with Gasteiger partial charge < -0.3 is 10.2 Å². The number of carbonyl (C=O) groups is 1. The topological polar surface area (TPSA) is 75.9 Å². The molecule has 0 aliphatic carbocycles. The van der Waals surface area contributed by atoms with Gasteiger partial charge in [0.05, 0.1) is 22.6 Å². The molecule has 6 rings (SSSR count). The fourth-order valence-electron chi connectivity index (χ4n) is 4.91. The molecule has 2 aromatic carbocycles. The van der Waals surface area contributed by atoms with Crippen LogP contribution in [0.1, 0.15) is 24.0 Å². The number of halogens is 4. The van der Waals surface area contributed by atoms with Gasteiger partial charge in [-0.15, -0.1) is 16.4 Å². The number of carbonyl (C=O) groups excluding carboxylic acids is 1. The van der Waals surface area contributed by atoms with Gasteiger partial charge in [0.15, 0.2) is 5.65 Å². The lowest BCUT2D eigenvalue weighted by molar-refractivity contribution is -0.137. The molecule has 12 heteroatoms. The number of rotatable bonds is 5. The summed E-state index contributed by atoms with van der Waals surface area (Å²) in [7, 11) is 0. The molecule has 1 aliphatic rings. The first-order valence-electron chi connectivity index (χ1n) is 12.3. The fourth-order valence-corrected chi connectivity index (χ4v) is 5.70. The van der Waals surface area contributed by atoms with E-state index in [9.17, 15) is 22.4 Å². The summed E-state index contributed by atoms with van der Waals surface area (Å²) in [6.45, 7) is 1.19. The highest BCUT2D eigenvalue weighted by atomic mass is 32.1. The van der Waals surface area contributed by atoms with E-state index in [-0.39, 0.29) is 24.2 Å². The zero-order chi connectivity index (χ0) is 27.1. The standard InChI is InChI=1S/C27H22F4N6OS/c28-23-16(3-8-22-20(23)9-11-39-22)12-32-26(38)17-2-1-10-36(13-17)25-21-14-37(35-24(21)33-15-34-25)19-6-4-18(5-7-19)27(29,30)31/h3-9,11,14-15,17H,1-2,10,12-13H2,(H,32,38)/t17-/m1/s1. The fraction of sp³-hybridized carbons (Fsp3) is 0.259. The average molecular weight is 555 g/mol. The zero-order valence-corrected chi connectivity index (χ0v) is 21.3. The summed E-state index contributed by atoms with van der Waals surface area (Å²) in [6.07, 6.45) is 0.0866. The predicted octanol–water partition coefficient (Wildman–Crippen LogP) is 5.72. The molecule has 0 unspecified atom stereocenters. The maximum Gasteiger partial charge on any atom is 0.416 e. The maximum absolute atomic E-state index is 14.8. The number of nitrogens with zero attached hydrogens (tertiary/aromatic N) is 5. The van der Waals surface area contributed by atoms with Crippen molar-refractivity contribution in [3.63, 3.8) is 0 Å². The first kappa shape index (κ1) is 25.2. The van der Waals surface area contributed by atoms with Crippen molar-refractivity contribution in [2.24, 2.45) is 5.92 Å². The number of benzene rings is 2. The summed E-state index contributed by atoms with van der Waals surface area (Å²) in [5, 5.41) is 10.3. The van der Waals surface area contributed by atoms with Crippen molar-refractivity contribution >= 4 is 44.2 Å². The number of amides is 1. The number of alkyl halides is 3. The van der Waals surface area contributed by atoms with E-state index in [0.29, 0.717) is 53.0 Å². The van der Waals surface area contributed by atoms with Crippen LogP contribution >= 0.6 is 11.3 Å². The van der Waals surface area contributed by atoms with Crippen LogP contribution in [0.5, 0.6) is 0 Å². The van der Waals surface area contributed by atoms with Gasteiger partial charge in [0.1, 0.15) is 18.0 Å². The molecule has 0 saturated carbocycles. The van der Waals surface area contributed by atoms with E-state index < -0.39 is 11.7 Å². The van der Waals surface area contributed by atoms with Crippen LogP contribution in [-0.4, -0.2) is 38.7 Å². The SMILES string of the molecule is O=C(NCc1ccc2sccc2c1F)[C@@H]1CCCN(c2ncnc3nn(-c4ccc(C(F)(F)F)cc4)cc23)C1. The van der Waals surface area contributed by atoms with Crippen molar-refractivity contribution in [2.45, 2.75) is 25.6 Å². The number of hydrogen-bond acceptors (Lipinski definition) is 6. The third-order valence-corrected chi connectivity index (χ3v) is 7.83.